The van der Waals surface area contributed by atoms with Crippen LogP contribution in [-0.4, -0.2) is 17.0 Å². The molecule has 0 atom stereocenters. The summed E-state index contributed by atoms with van der Waals surface area (Å²) in [6.45, 7) is 6.66. The third-order valence-corrected chi connectivity index (χ3v) is 3.71. The fourth-order valence-electron chi connectivity index (χ4n) is 1.77. The minimum atomic E-state index is -0.0200. The smallest absolute Gasteiger partial charge is 0.217 e. The topological polar surface area (TPSA) is 51.2 Å². The quantitative estimate of drug-likeness (QED) is 0.890. The van der Waals surface area contributed by atoms with Crippen LogP contribution in [0.5, 0.6) is 0 Å². The monoisotopic (exact) mass is 304 g/mol. The van der Waals surface area contributed by atoms with Crippen molar-refractivity contribution in [3.63, 3.8) is 0 Å². The molecule has 0 fully saturated rings. The van der Waals surface area contributed by atoms with Crippen molar-refractivity contribution in [3.8, 4) is 11.3 Å². The second kappa shape index (κ2) is 7.33. The highest BCUT2D eigenvalue weighted by molar-refractivity contribution is 7.09. The third kappa shape index (κ3) is 4.95. The molecule has 1 aromatic carbocycles. The van der Waals surface area contributed by atoms with E-state index in [4.69, 9.17) is 4.74 Å². The molecule has 112 valence electrons. The second-order valence-electron chi connectivity index (χ2n) is 5.09. The molecule has 0 spiro atoms. The van der Waals surface area contributed by atoms with Crippen molar-refractivity contribution in [1.82, 2.24) is 10.3 Å². The van der Waals surface area contributed by atoms with Crippen LogP contribution in [0.2, 0.25) is 0 Å². The zero-order chi connectivity index (χ0) is 15.2. The predicted octanol–water partition coefficient (Wildman–Crippen LogP) is 3.37. The Morgan fingerprint density at radius 1 is 1.33 bits per heavy atom. The van der Waals surface area contributed by atoms with E-state index in [0.717, 1.165) is 21.8 Å². The molecule has 0 unspecified atom stereocenters. The Morgan fingerprint density at radius 2 is 2.05 bits per heavy atom. The summed E-state index contributed by atoms with van der Waals surface area (Å²) in [6, 6.07) is 8.07. The number of nitrogens with zero attached hydrogens (tertiary/aromatic N) is 1. The molecule has 1 N–H and O–H groups in total. The average molecular weight is 304 g/mol. The summed E-state index contributed by atoms with van der Waals surface area (Å²) in [5.41, 5.74) is 3.12. The van der Waals surface area contributed by atoms with Gasteiger partial charge in [0.15, 0.2) is 0 Å². The van der Waals surface area contributed by atoms with Gasteiger partial charge in [-0.2, -0.15) is 0 Å². The molecular formula is C16H20N2O2S. The first-order valence-corrected chi connectivity index (χ1v) is 7.82. The standard InChI is InChI=1S/C16H20N2O2S/c1-11(2)20-9-16-18-15(10-21-16)14-6-4-13(5-7-14)8-17-12(3)19/h4-7,10-11H,8-9H2,1-3H3,(H,17,19). The first kappa shape index (κ1) is 15.7. The number of amides is 1. The maximum Gasteiger partial charge on any atom is 0.217 e. The molecule has 0 saturated carbocycles. The van der Waals surface area contributed by atoms with E-state index in [0.29, 0.717) is 13.2 Å². The minimum absolute atomic E-state index is 0.0200. The first-order chi connectivity index (χ1) is 10.0. The van der Waals surface area contributed by atoms with Gasteiger partial charge in [-0.05, 0) is 19.4 Å². The molecule has 0 radical (unpaired) electrons. The summed E-state index contributed by atoms with van der Waals surface area (Å²) in [5, 5.41) is 5.81. The number of hydrogen-bond donors (Lipinski definition) is 1. The van der Waals surface area contributed by atoms with Crippen LogP contribution in [0.4, 0.5) is 0 Å². The van der Waals surface area contributed by atoms with Gasteiger partial charge < -0.3 is 10.1 Å². The summed E-state index contributed by atoms with van der Waals surface area (Å²) in [7, 11) is 0. The fraction of sp³-hybridized carbons (Fsp3) is 0.375. The number of ether oxygens (including phenoxy) is 1. The molecule has 0 aliphatic carbocycles. The lowest BCUT2D eigenvalue weighted by Gasteiger charge is -2.04. The van der Waals surface area contributed by atoms with E-state index < -0.39 is 0 Å². The van der Waals surface area contributed by atoms with Crippen LogP contribution in [0.3, 0.4) is 0 Å². The van der Waals surface area contributed by atoms with Crippen LogP contribution >= 0.6 is 11.3 Å². The number of aromatic nitrogens is 1. The van der Waals surface area contributed by atoms with Gasteiger partial charge in [-0.15, -0.1) is 11.3 Å². The summed E-state index contributed by atoms with van der Waals surface area (Å²) < 4.78 is 5.56. The number of nitrogens with one attached hydrogen (secondary N) is 1. The van der Waals surface area contributed by atoms with E-state index in [1.54, 1.807) is 11.3 Å². The van der Waals surface area contributed by atoms with Gasteiger partial charge in [-0.3, -0.25) is 4.79 Å². The fourth-order valence-corrected chi connectivity index (χ4v) is 2.49. The minimum Gasteiger partial charge on any atom is -0.372 e. The molecule has 1 aromatic heterocycles. The molecule has 1 heterocycles. The van der Waals surface area contributed by atoms with E-state index in [1.807, 2.05) is 43.5 Å². The maximum atomic E-state index is 10.9. The van der Waals surface area contributed by atoms with E-state index in [1.165, 1.54) is 6.92 Å². The summed E-state index contributed by atoms with van der Waals surface area (Å²) in [4.78, 5) is 15.5. The van der Waals surface area contributed by atoms with Crippen molar-refractivity contribution in [1.29, 1.82) is 0 Å². The van der Waals surface area contributed by atoms with E-state index in [2.05, 4.69) is 10.3 Å². The Hall–Kier alpha value is -1.72. The van der Waals surface area contributed by atoms with Crippen LogP contribution in [0, 0.1) is 0 Å². The van der Waals surface area contributed by atoms with Gasteiger partial charge >= 0.3 is 0 Å². The van der Waals surface area contributed by atoms with Crippen molar-refractivity contribution in [3.05, 3.63) is 40.2 Å². The molecule has 0 saturated heterocycles. The molecule has 0 bridgehead atoms. The van der Waals surface area contributed by atoms with Crippen LogP contribution in [0.1, 0.15) is 31.3 Å². The Labute approximate surface area is 129 Å². The predicted molar refractivity (Wildman–Crippen MR) is 85.0 cm³/mol. The van der Waals surface area contributed by atoms with Crippen LogP contribution in [-0.2, 0) is 22.7 Å². The van der Waals surface area contributed by atoms with E-state index in [9.17, 15) is 4.79 Å². The lowest BCUT2D eigenvalue weighted by Crippen LogP contribution is -2.18. The van der Waals surface area contributed by atoms with Gasteiger partial charge in [0.1, 0.15) is 5.01 Å². The molecule has 0 aliphatic heterocycles. The summed E-state index contributed by atoms with van der Waals surface area (Å²) >= 11 is 1.61. The first-order valence-electron chi connectivity index (χ1n) is 6.94. The molecule has 1 amide bonds. The number of carbonyl (C=O) groups excluding carboxylic acids is 1. The summed E-state index contributed by atoms with van der Waals surface area (Å²) in [6.07, 6.45) is 0.213. The largest absolute Gasteiger partial charge is 0.372 e. The second-order valence-corrected chi connectivity index (χ2v) is 6.04. The average Bonchev–Trinajstić information content (AvgIpc) is 2.92. The molecule has 2 rings (SSSR count). The van der Waals surface area contributed by atoms with Gasteiger partial charge in [0.05, 0.1) is 18.4 Å². The zero-order valence-corrected chi connectivity index (χ0v) is 13.4. The van der Waals surface area contributed by atoms with Gasteiger partial charge in [-0.1, -0.05) is 24.3 Å². The van der Waals surface area contributed by atoms with Crippen LogP contribution in [0.15, 0.2) is 29.6 Å². The molecular weight excluding hydrogens is 284 g/mol. The third-order valence-electron chi connectivity index (χ3n) is 2.88. The molecule has 2 aromatic rings. The summed E-state index contributed by atoms with van der Waals surface area (Å²) in [5.74, 6) is -0.0200. The van der Waals surface area contributed by atoms with Gasteiger partial charge in [0.25, 0.3) is 0 Å². The number of hydrogen-bond acceptors (Lipinski definition) is 4. The van der Waals surface area contributed by atoms with Crippen molar-refractivity contribution in [2.75, 3.05) is 0 Å². The highest BCUT2D eigenvalue weighted by atomic mass is 32.1. The molecule has 5 heteroatoms. The number of thiazole rings is 1. The van der Waals surface area contributed by atoms with Crippen LogP contribution < -0.4 is 5.32 Å². The normalized spacial score (nSPS) is 10.9. The van der Waals surface area contributed by atoms with Crippen molar-refractivity contribution >= 4 is 17.2 Å². The Kier molecular flexibility index (Phi) is 5.47. The maximum absolute atomic E-state index is 10.9. The number of carbonyl (C=O) groups is 1. The van der Waals surface area contributed by atoms with Crippen molar-refractivity contribution < 1.29 is 9.53 Å². The zero-order valence-electron chi connectivity index (χ0n) is 12.6. The Morgan fingerprint density at radius 3 is 2.67 bits per heavy atom. The van der Waals surface area contributed by atoms with E-state index in [-0.39, 0.29) is 12.0 Å². The van der Waals surface area contributed by atoms with Gasteiger partial charge in [0.2, 0.25) is 5.91 Å². The molecule has 21 heavy (non-hydrogen) atoms. The van der Waals surface area contributed by atoms with Gasteiger partial charge in [-0.25, -0.2) is 4.98 Å². The molecule has 4 nitrogen and oxygen atoms in total. The highest BCUT2D eigenvalue weighted by Crippen LogP contribution is 2.23. The van der Waals surface area contributed by atoms with Crippen molar-refractivity contribution in [2.45, 2.75) is 40.0 Å². The molecule has 0 aliphatic rings. The highest BCUT2D eigenvalue weighted by Gasteiger charge is 2.06. The lowest BCUT2D eigenvalue weighted by atomic mass is 10.1. The number of benzene rings is 1. The van der Waals surface area contributed by atoms with Gasteiger partial charge in [0, 0.05) is 24.4 Å². The SMILES string of the molecule is CC(=O)NCc1ccc(-c2csc(COC(C)C)n2)cc1. The van der Waals surface area contributed by atoms with Crippen molar-refractivity contribution in [2.24, 2.45) is 0 Å². The van der Waals surface area contributed by atoms with E-state index >= 15 is 0 Å². The van der Waals surface area contributed by atoms with Crippen LogP contribution in [0.25, 0.3) is 11.3 Å². The Bertz CT molecular complexity index is 591. The number of rotatable bonds is 6. The Balaban J connectivity index is 2.00. The lowest BCUT2D eigenvalue weighted by molar-refractivity contribution is -0.119.